The first-order valence-corrected chi connectivity index (χ1v) is 8.48. The second kappa shape index (κ2) is 7.96. The Hall–Kier alpha value is -2.52. The first-order valence-electron chi connectivity index (χ1n) is 8.48. The molecule has 0 spiro atoms. The van der Waals surface area contributed by atoms with E-state index in [4.69, 9.17) is 0 Å². The number of Topliss-reactive ketones (excluding diaryl/α,β-unsaturated/α-hetero) is 1. The summed E-state index contributed by atoms with van der Waals surface area (Å²) in [6, 6.07) is 11.6. The number of aryl methyl sites for hydroxylation is 1. The molecule has 0 saturated carbocycles. The Morgan fingerprint density at radius 1 is 0.767 bits per heavy atom. The zero-order valence-electron chi connectivity index (χ0n) is 15.3. The van der Waals surface area contributed by atoms with Crippen molar-refractivity contribution in [3.05, 3.63) is 71.3 Å². The molecule has 164 valence electrons. The Morgan fingerprint density at radius 3 is 1.73 bits per heavy atom. The van der Waals surface area contributed by atoms with E-state index in [0.29, 0.717) is 5.56 Å². The first-order chi connectivity index (χ1) is 13.6. The largest absolute Gasteiger partial charge is 0.460 e. The number of carbonyl (C=O) groups excluding carboxylic acids is 1. The van der Waals surface area contributed by atoms with Gasteiger partial charge in [0.2, 0.25) is 0 Å². The topological polar surface area (TPSA) is 17.1 Å². The highest BCUT2D eigenvalue weighted by Crippen LogP contribution is 2.55. The molecule has 0 aliphatic carbocycles. The number of alkyl halides is 9. The van der Waals surface area contributed by atoms with Gasteiger partial charge in [-0.25, -0.2) is 0 Å². The Balaban J connectivity index is 2.51. The summed E-state index contributed by atoms with van der Waals surface area (Å²) in [7, 11) is 0. The summed E-state index contributed by atoms with van der Waals surface area (Å²) in [6.45, 7) is 1.60. The third kappa shape index (κ3) is 4.32. The van der Waals surface area contributed by atoms with Gasteiger partial charge in [0, 0.05) is 12.0 Å². The van der Waals surface area contributed by atoms with Crippen LogP contribution in [0, 0.1) is 6.92 Å². The van der Waals surface area contributed by atoms with Crippen molar-refractivity contribution in [1.29, 1.82) is 0 Å². The number of hydrogen-bond acceptors (Lipinski definition) is 1. The number of benzene rings is 2. The lowest BCUT2D eigenvalue weighted by Crippen LogP contribution is -2.61. The van der Waals surface area contributed by atoms with Crippen LogP contribution in [-0.4, -0.2) is 29.7 Å². The van der Waals surface area contributed by atoms with Crippen molar-refractivity contribution in [2.75, 3.05) is 0 Å². The molecule has 0 aliphatic heterocycles. The van der Waals surface area contributed by atoms with Gasteiger partial charge in [-0.3, -0.25) is 4.79 Å². The number of rotatable bonds is 7. The Labute approximate surface area is 165 Å². The molecule has 2 rings (SSSR count). The van der Waals surface area contributed by atoms with Gasteiger partial charge < -0.3 is 0 Å². The average molecular weight is 442 g/mol. The van der Waals surface area contributed by atoms with Crippen LogP contribution in [0.25, 0.3) is 0 Å². The number of ketones is 1. The summed E-state index contributed by atoms with van der Waals surface area (Å²) in [5.74, 6) is -22.8. The van der Waals surface area contributed by atoms with E-state index >= 15 is 0 Å². The van der Waals surface area contributed by atoms with Crippen molar-refractivity contribution >= 4 is 5.78 Å². The van der Waals surface area contributed by atoms with E-state index in [9.17, 15) is 44.3 Å². The molecular weight excluding hydrogens is 427 g/mol. The second-order valence-corrected chi connectivity index (χ2v) is 6.75. The van der Waals surface area contributed by atoms with Crippen molar-refractivity contribution in [1.82, 2.24) is 0 Å². The van der Waals surface area contributed by atoms with Crippen LogP contribution in [0.4, 0.5) is 39.5 Å². The van der Waals surface area contributed by atoms with Gasteiger partial charge in [-0.1, -0.05) is 60.2 Å². The molecule has 10 heteroatoms. The minimum absolute atomic E-state index is 0.190. The zero-order valence-corrected chi connectivity index (χ0v) is 15.3. The van der Waals surface area contributed by atoms with Crippen molar-refractivity contribution < 1.29 is 44.3 Å². The molecule has 0 N–H and O–H groups in total. The fourth-order valence-corrected chi connectivity index (χ4v) is 2.76. The van der Waals surface area contributed by atoms with Crippen LogP contribution in [-0.2, 0) is 0 Å². The molecule has 2 aromatic rings. The second-order valence-electron chi connectivity index (χ2n) is 6.75. The summed E-state index contributed by atoms with van der Waals surface area (Å²) in [5.41, 5.74) is 0.204. The normalized spacial score (nSPS) is 14.5. The van der Waals surface area contributed by atoms with Gasteiger partial charge in [-0.15, -0.1) is 0 Å². The molecule has 0 fully saturated rings. The molecule has 0 heterocycles. The summed E-state index contributed by atoms with van der Waals surface area (Å²) >= 11 is 0. The Morgan fingerprint density at radius 2 is 1.27 bits per heavy atom. The van der Waals surface area contributed by atoms with E-state index in [1.165, 1.54) is 42.5 Å². The number of halogens is 9. The Kier molecular flexibility index (Phi) is 6.30. The molecule has 0 aliphatic rings. The molecule has 0 aromatic heterocycles. The van der Waals surface area contributed by atoms with Crippen LogP contribution in [0.1, 0.15) is 33.8 Å². The van der Waals surface area contributed by atoms with E-state index in [2.05, 4.69) is 0 Å². The van der Waals surface area contributed by atoms with Crippen LogP contribution in [0.2, 0.25) is 0 Å². The molecule has 0 saturated heterocycles. The van der Waals surface area contributed by atoms with Crippen molar-refractivity contribution in [2.45, 2.75) is 43.2 Å². The predicted octanol–water partition coefficient (Wildman–Crippen LogP) is 6.82. The molecule has 1 atom stereocenters. The van der Waals surface area contributed by atoms with Gasteiger partial charge in [0.25, 0.3) is 0 Å². The highest BCUT2D eigenvalue weighted by Gasteiger charge is 2.81. The van der Waals surface area contributed by atoms with E-state index in [1.54, 1.807) is 6.92 Å². The standard InChI is InChI=1S/C20H15F9O/c1-12-7-9-13(10-8-12)15(16(30)14-5-3-2-4-6-14)11-17(21,22)18(23,24)19(25,26)20(27,28)29/h2-10,15H,11H2,1H3. The SMILES string of the molecule is Cc1ccc(C(CC(F)(F)C(F)(F)C(F)(F)C(F)(F)F)C(=O)c2ccccc2)cc1. The molecule has 30 heavy (non-hydrogen) atoms. The van der Waals surface area contributed by atoms with Crippen LogP contribution in [0.15, 0.2) is 54.6 Å². The summed E-state index contributed by atoms with van der Waals surface area (Å²) in [6.07, 6.45) is -9.16. The fourth-order valence-electron chi connectivity index (χ4n) is 2.76. The van der Waals surface area contributed by atoms with Crippen molar-refractivity contribution in [2.24, 2.45) is 0 Å². The molecule has 0 amide bonds. The Bertz CT molecular complexity index is 871. The number of carbonyl (C=O) groups is 1. The molecule has 0 bridgehead atoms. The van der Waals surface area contributed by atoms with Gasteiger partial charge in [0.15, 0.2) is 5.78 Å². The maximum Gasteiger partial charge on any atom is 0.460 e. The lowest BCUT2D eigenvalue weighted by Gasteiger charge is -2.35. The van der Waals surface area contributed by atoms with Gasteiger partial charge in [-0.2, -0.15) is 39.5 Å². The quantitative estimate of drug-likeness (QED) is 0.340. The third-order valence-electron chi connectivity index (χ3n) is 4.52. The van der Waals surface area contributed by atoms with Gasteiger partial charge in [-0.05, 0) is 12.5 Å². The smallest absolute Gasteiger partial charge is 0.293 e. The molecule has 1 nitrogen and oxygen atoms in total. The summed E-state index contributed by atoms with van der Waals surface area (Å²) in [5, 5.41) is 0. The van der Waals surface area contributed by atoms with E-state index in [1.807, 2.05) is 0 Å². The lowest BCUT2D eigenvalue weighted by molar-refractivity contribution is -0.396. The van der Waals surface area contributed by atoms with Crippen molar-refractivity contribution in [3.63, 3.8) is 0 Å². The number of hydrogen-bond donors (Lipinski definition) is 0. The van der Waals surface area contributed by atoms with Crippen LogP contribution < -0.4 is 0 Å². The first kappa shape index (κ1) is 23.8. The van der Waals surface area contributed by atoms with E-state index in [0.717, 1.165) is 12.1 Å². The highest BCUT2D eigenvalue weighted by atomic mass is 19.4. The van der Waals surface area contributed by atoms with E-state index < -0.39 is 42.1 Å². The maximum absolute atomic E-state index is 14.2. The minimum Gasteiger partial charge on any atom is -0.293 e. The van der Waals surface area contributed by atoms with Gasteiger partial charge >= 0.3 is 23.9 Å². The monoisotopic (exact) mass is 442 g/mol. The maximum atomic E-state index is 14.2. The highest BCUT2D eigenvalue weighted by molar-refractivity contribution is 6.01. The van der Waals surface area contributed by atoms with E-state index in [-0.39, 0.29) is 11.1 Å². The minimum atomic E-state index is -7.00. The van der Waals surface area contributed by atoms with Gasteiger partial charge in [0.1, 0.15) is 0 Å². The molecule has 0 radical (unpaired) electrons. The average Bonchev–Trinajstić information content (AvgIpc) is 2.66. The third-order valence-corrected chi connectivity index (χ3v) is 4.52. The molecule has 2 aromatic carbocycles. The summed E-state index contributed by atoms with van der Waals surface area (Å²) < 4.78 is 119. The molecular formula is C20H15F9O. The van der Waals surface area contributed by atoms with Crippen LogP contribution >= 0.6 is 0 Å². The van der Waals surface area contributed by atoms with Crippen LogP contribution in [0.3, 0.4) is 0 Å². The summed E-state index contributed by atoms with van der Waals surface area (Å²) in [4.78, 5) is 12.7. The predicted molar refractivity (Wildman–Crippen MR) is 90.2 cm³/mol. The fraction of sp³-hybridized carbons (Fsp3) is 0.350. The van der Waals surface area contributed by atoms with Gasteiger partial charge in [0.05, 0.1) is 5.92 Å². The molecule has 1 unspecified atom stereocenters. The lowest BCUT2D eigenvalue weighted by atomic mass is 9.83. The van der Waals surface area contributed by atoms with Crippen LogP contribution in [0.5, 0.6) is 0 Å². The van der Waals surface area contributed by atoms with Crippen molar-refractivity contribution in [3.8, 4) is 0 Å². The zero-order chi connectivity index (χ0) is 23.0.